The number of allylic oxidation sites excluding steroid dienone is 2. The number of aliphatic hydroxyl groups is 1. The molecule has 0 bridgehead atoms. The number of rotatable bonds is 4. The van der Waals surface area contributed by atoms with Crippen molar-refractivity contribution < 1.29 is 14.6 Å². The van der Waals surface area contributed by atoms with Crippen LogP contribution in [0.4, 0.5) is 5.69 Å². The molecule has 0 fully saturated rings. The molecule has 0 saturated heterocycles. The zero-order valence-electron chi connectivity index (χ0n) is 20.2. The molecule has 3 aromatic carbocycles. The van der Waals surface area contributed by atoms with Gasteiger partial charge < -0.3 is 9.84 Å². The number of nitrogens with zero attached hydrogens (tertiary/aromatic N) is 1. The van der Waals surface area contributed by atoms with E-state index in [-0.39, 0.29) is 17.4 Å². The molecule has 0 unspecified atom stereocenters. The van der Waals surface area contributed by atoms with Crippen molar-refractivity contribution in [2.75, 3.05) is 12.0 Å². The number of hydrogen-bond donors (Lipinski definition) is 2. The summed E-state index contributed by atoms with van der Waals surface area (Å²) in [7, 11) is 1.61. The van der Waals surface area contributed by atoms with Gasteiger partial charge in [0.15, 0.2) is 5.78 Å². The van der Waals surface area contributed by atoms with E-state index < -0.39 is 5.92 Å². The van der Waals surface area contributed by atoms with E-state index in [9.17, 15) is 15.3 Å². The molecule has 3 aromatic rings. The number of ketones is 1. The Morgan fingerprint density at radius 3 is 2.44 bits per heavy atom. The van der Waals surface area contributed by atoms with Gasteiger partial charge in [0.2, 0.25) is 0 Å². The van der Waals surface area contributed by atoms with Crippen LogP contribution in [0.15, 0.2) is 89.6 Å². The van der Waals surface area contributed by atoms with Crippen LogP contribution in [0.3, 0.4) is 0 Å². The predicted molar refractivity (Wildman–Crippen MR) is 144 cm³/mol. The number of amidine groups is 1. The van der Waals surface area contributed by atoms with E-state index in [1.807, 2.05) is 67.6 Å². The Bertz CT molecular complexity index is 1400. The molecule has 2 aliphatic rings. The number of Topliss-reactive ketones (excluding diaryl/α,β-unsaturated/α-hetero) is 1. The van der Waals surface area contributed by atoms with Crippen LogP contribution in [0.2, 0.25) is 5.02 Å². The second kappa shape index (κ2) is 9.67. The third-order valence-electron chi connectivity index (χ3n) is 6.85. The molecule has 1 atom stereocenters. The molecule has 0 radical (unpaired) electrons. The lowest BCUT2D eigenvalue weighted by molar-refractivity contribution is -0.116. The van der Waals surface area contributed by atoms with Crippen LogP contribution in [-0.2, 0) is 4.79 Å². The van der Waals surface area contributed by atoms with Gasteiger partial charge in [0, 0.05) is 45.5 Å². The van der Waals surface area contributed by atoms with Crippen LogP contribution in [0.1, 0.15) is 41.9 Å². The largest absolute Gasteiger partial charge is 0.507 e. The maximum atomic E-state index is 13.5. The standard InChI is InChI=1S/C30H27ClN2O3/c1-18-9-11-20(12-10-18)29(35)28-26(19-13-15-23(36-2)16-14-19)27-24(7-4-8-25(27)34)33(30(28)32)22-6-3-5-21(31)17-22/h3,5-6,9-17,26,32,35H,4,7-8H2,1-2H3/b29-28+,32-30?/t26-/m0/s1. The smallest absolute Gasteiger partial charge is 0.161 e. The van der Waals surface area contributed by atoms with Gasteiger partial charge in [-0.2, -0.15) is 0 Å². The Balaban J connectivity index is 1.81. The minimum absolute atomic E-state index is 0.0160. The molecular formula is C30H27ClN2O3. The summed E-state index contributed by atoms with van der Waals surface area (Å²) in [5.74, 6) is 0.263. The highest BCUT2D eigenvalue weighted by Gasteiger charge is 2.43. The molecule has 1 heterocycles. The average Bonchev–Trinajstić information content (AvgIpc) is 2.88. The molecule has 2 N–H and O–H groups in total. The van der Waals surface area contributed by atoms with Gasteiger partial charge >= 0.3 is 0 Å². The normalized spacial score (nSPS) is 19.3. The summed E-state index contributed by atoms with van der Waals surface area (Å²) in [6.45, 7) is 1.98. The van der Waals surface area contributed by atoms with Gasteiger partial charge in [0.25, 0.3) is 0 Å². The number of carbonyl (C=O) groups is 1. The number of methoxy groups -OCH3 is 1. The van der Waals surface area contributed by atoms with E-state index in [0.717, 1.165) is 16.8 Å². The zero-order valence-corrected chi connectivity index (χ0v) is 21.0. The second-order valence-corrected chi connectivity index (χ2v) is 9.57. The molecule has 5 nitrogen and oxygen atoms in total. The fraction of sp³-hybridized carbons (Fsp3) is 0.200. The first-order valence-electron chi connectivity index (χ1n) is 11.9. The Morgan fingerprint density at radius 2 is 1.78 bits per heavy atom. The van der Waals surface area contributed by atoms with Crippen LogP contribution in [-0.4, -0.2) is 23.8 Å². The maximum absolute atomic E-state index is 13.5. The molecule has 5 rings (SSSR count). The molecule has 36 heavy (non-hydrogen) atoms. The van der Waals surface area contributed by atoms with E-state index in [2.05, 4.69) is 0 Å². The van der Waals surface area contributed by atoms with Crippen LogP contribution in [0.25, 0.3) is 5.76 Å². The summed E-state index contributed by atoms with van der Waals surface area (Å²) in [6, 6.07) is 22.3. The van der Waals surface area contributed by atoms with Gasteiger partial charge in [0.1, 0.15) is 17.3 Å². The van der Waals surface area contributed by atoms with Crippen molar-refractivity contribution in [3.05, 3.63) is 111 Å². The number of hydrogen-bond acceptors (Lipinski definition) is 4. The Hall–Kier alpha value is -3.83. The molecular weight excluding hydrogens is 472 g/mol. The van der Waals surface area contributed by atoms with Gasteiger partial charge in [0.05, 0.1) is 7.11 Å². The summed E-state index contributed by atoms with van der Waals surface area (Å²) < 4.78 is 5.34. The average molecular weight is 499 g/mol. The van der Waals surface area contributed by atoms with Crippen molar-refractivity contribution in [2.45, 2.75) is 32.1 Å². The molecule has 182 valence electrons. The number of halogens is 1. The van der Waals surface area contributed by atoms with E-state index in [1.54, 1.807) is 24.1 Å². The van der Waals surface area contributed by atoms with Crippen LogP contribution in [0, 0.1) is 12.3 Å². The van der Waals surface area contributed by atoms with E-state index in [1.165, 1.54) is 0 Å². The SMILES string of the molecule is COc1ccc([C@H]2C3=C(CCCC3=O)N(c3cccc(Cl)c3)C(=N)/C2=C(/O)c2ccc(C)cc2)cc1. The summed E-state index contributed by atoms with van der Waals surface area (Å²) in [6.07, 6.45) is 1.79. The van der Waals surface area contributed by atoms with Crippen molar-refractivity contribution in [1.82, 2.24) is 0 Å². The Kier molecular flexibility index (Phi) is 6.42. The van der Waals surface area contributed by atoms with Crippen molar-refractivity contribution >= 4 is 34.7 Å². The number of ether oxygens (including phenoxy) is 1. The lowest BCUT2D eigenvalue weighted by Crippen LogP contribution is -2.42. The van der Waals surface area contributed by atoms with E-state index in [0.29, 0.717) is 52.4 Å². The summed E-state index contributed by atoms with van der Waals surface area (Å²) in [5, 5.41) is 21.6. The molecule has 1 aliphatic heterocycles. The lowest BCUT2D eigenvalue weighted by atomic mass is 9.73. The number of aliphatic hydroxyl groups excluding tert-OH is 1. The third-order valence-corrected chi connectivity index (χ3v) is 7.09. The summed E-state index contributed by atoms with van der Waals surface area (Å²) >= 11 is 6.32. The van der Waals surface area contributed by atoms with Crippen molar-refractivity contribution in [1.29, 1.82) is 5.41 Å². The van der Waals surface area contributed by atoms with Gasteiger partial charge in [-0.15, -0.1) is 0 Å². The first-order valence-corrected chi connectivity index (χ1v) is 12.3. The van der Waals surface area contributed by atoms with Gasteiger partial charge in [-0.1, -0.05) is 59.6 Å². The molecule has 1 aliphatic carbocycles. The van der Waals surface area contributed by atoms with Crippen LogP contribution in [0.5, 0.6) is 5.75 Å². The summed E-state index contributed by atoms with van der Waals surface area (Å²) in [4.78, 5) is 15.3. The zero-order chi connectivity index (χ0) is 25.4. The highest BCUT2D eigenvalue weighted by molar-refractivity contribution is 6.31. The number of aryl methyl sites for hydroxylation is 1. The third kappa shape index (κ3) is 4.20. The molecule has 6 heteroatoms. The van der Waals surface area contributed by atoms with Crippen LogP contribution >= 0.6 is 11.6 Å². The minimum atomic E-state index is -0.581. The number of anilines is 1. The fourth-order valence-electron chi connectivity index (χ4n) is 5.09. The highest BCUT2D eigenvalue weighted by Crippen LogP contribution is 2.48. The molecule has 0 spiro atoms. The number of carbonyl (C=O) groups excluding carboxylic acids is 1. The number of benzene rings is 3. The van der Waals surface area contributed by atoms with Crippen molar-refractivity contribution in [3.63, 3.8) is 0 Å². The van der Waals surface area contributed by atoms with Crippen molar-refractivity contribution in [3.8, 4) is 5.75 Å². The van der Waals surface area contributed by atoms with Gasteiger partial charge in [-0.3, -0.25) is 15.1 Å². The topological polar surface area (TPSA) is 73.6 Å². The Labute approximate surface area is 215 Å². The monoisotopic (exact) mass is 498 g/mol. The van der Waals surface area contributed by atoms with E-state index >= 15 is 0 Å². The molecule has 0 aromatic heterocycles. The first kappa shape index (κ1) is 23.9. The minimum Gasteiger partial charge on any atom is -0.507 e. The van der Waals surface area contributed by atoms with E-state index in [4.69, 9.17) is 16.3 Å². The predicted octanol–water partition coefficient (Wildman–Crippen LogP) is 7.21. The fourth-order valence-corrected chi connectivity index (χ4v) is 5.27. The van der Waals surface area contributed by atoms with Crippen molar-refractivity contribution in [2.24, 2.45) is 0 Å². The van der Waals surface area contributed by atoms with Gasteiger partial charge in [-0.05, 0) is 55.7 Å². The van der Waals surface area contributed by atoms with Gasteiger partial charge in [-0.25, -0.2) is 0 Å². The summed E-state index contributed by atoms with van der Waals surface area (Å²) in [5.41, 5.74) is 4.97. The highest BCUT2D eigenvalue weighted by atomic mass is 35.5. The second-order valence-electron chi connectivity index (χ2n) is 9.14. The molecule has 0 saturated carbocycles. The quantitative estimate of drug-likeness (QED) is 0.372. The maximum Gasteiger partial charge on any atom is 0.161 e. The van der Waals surface area contributed by atoms with Crippen LogP contribution < -0.4 is 9.64 Å². The Morgan fingerprint density at radius 1 is 1.06 bits per heavy atom. The lowest BCUT2D eigenvalue weighted by Gasteiger charge is -2.41. The first-order chi connectivity index (χ1) is 17.4. The number of nitrogens with one attached hydrogen (secondary N) is 1. The molecule has 0 amide bonds.